The molecule has 0 fully saturated rings. The number of carbonyl (C=O) groups excluding carboxylic acids is 1. The molecule has 3 rings (SSSR count). The van der Waals surface area contributed by atoms with Crippen LogP contribution in [0.2, 0.25) is 0 Å². The number of carbonyl (C=O) groups is 1. The summed E-state index contributed by atoms with van der Waals surface area (Å²) < 4.78 is 6.67. The average molecular weight is 371 g/mol. The lowest BCUT2D eigenvalue weighted by Gasteiger charge is -2.14. The van der Waals surface area contributed by atoms with Crippen LogP contribution in [0.25, 0.3) is 21.3 Å². The number of primary amides is 1. The van der Waals surface area contributed by atoms with E-state index in [1.54, 1.807) is 7.11 Å². The first-order valence-corrected chi connectivity index (χ1v) is 9.29. The summed E-state index contributed by atoms with van der Waals surface area (Å²) in [6.07, 6.45) is 2.64. The van der Waals surface area contributed by atoms with E-state index in [1.165, 1.54) is 22.2 Å². The van der Waals surface area contributed by atoms with Crippen LogP contribution in [0.3, 0.4) is 0 Å². The van der Waals surface area contributed by atoms with Crippen LogP contribution in [-0.4, -0.2) is 22.6 Å². The Morgan fingerprint density at radius 3 is 2.77 bits per heavy atom. The fourth-order valence-electron chi connectivity index (χ4n) is 3.14. The van der Waals surface area contributed by atoms with Gasteiger partial charge in [0, 0.05) is 10.4 Å². The minimum atomic E-state index is -0.706. The highest BCUT2D eigenvalue weighted by Gasteiger charge is 2.22. The monoisotopic (exact) mass is 371 g/mol. The highest BCUT2D eigenvalue weighted by Crippen LogP contribution is 2.37. The van der Waals surface area contributed by atoms with Crippen LogP contribution in [0.5, 0.6) is 5.75 Å². The molecular formula is C19H21N3O3S. The van der Waals surface area contributed by atoms with Gasteiger partial charge in [-0.25, -0.2) is 4.98 Å². The van der Waals surface area contributed by atoms with Gasteiger partial charge in [-0.05, 0) is 30.5 Å². The van der Waals surface area contributed by atoms with Gasteiger partial charge in [0.15, 0.2) is 0 Å². The lowest BCUT2D eigenvalue weighted by atomic mass is 10.0. The number of hydrogen-bond donors (Lipinski definition) is 1. The number of nitrogens with zero attached hydrogens (tertiary/aromatic N) is 2. The fourth-order valence-corrected chi connectivity index (χ4v) is 4.23. The predicted molar refractivity (Wildman–Crippen MR) is 104 cm³/mol. The van der Waals surface area contributed by atoms with Gasteiger partial charge in [0.25, 0.3) is 5.56 Å². The highest BCUT2D eigenvalue weighted by molar-refractivity contribution is 7.19. The van der Waals surface area contributed by atoms with Gasteiger partial charge >= 0.3 is 0 Å². The number of methoxy groups -OCH3 is 1. The van der Waals surface area contributed by atoms with E-state index in [2.05, 4.69) is 4.98 Å². The Hall–Kier alpha value is -2.67. The molecule has 7 heteroatoms. The van der Waals surface area contributed by atoms with Crippen LogP contribution >= 0.6 is 11.3 Å². The second-order valence-electron chi connectivity index (χ2n) is 5.95. The topological polar surface area (TPSA) is 87.2 Å². The standard InChI is InChI=1S/C19H21N3O3S/c1-4-13(17(20)23)22-10-21-18-16(19(22)24)15(14(5-2)26-18)11-7-6-8-12(9-11)25-3/h6-10,13H,4-5H2,1-3H3,(H2,20,23). The quantitative estimate of drug-likeness (QED) is 0.721. The number of hydrogen-bond acceptors (Lipinski definition) is 5. The molecule has 1 atom stereocenters. The normalized spacial score (nSPS) is 12.3. The van der Waals surface area contributed by atoms with Crippen molar-refractivity contribution in [1.29, 1.82) is 0 Å². The minimum Gasteiger partial charge on any atom is -0.497 e. The third-order valence-corrected chi connectivity index (χ3v) is 5.68. The number of amides is 1. The van der Waals surface area contributed by atoms with Gasteiger partial charge in [-0.15, -0.1) is 11.3 Å². The van der Waals surface area contributed by atoms with Crippen molar-refractivity contribution in [2.24, 2.45) is 5.73 Å². The SMILES string of the molecule is CCc1sc2ncn(C(CC)C(N)=O)c(=O)c2c1-c1cccc(OC)c1. The summed E-state index contributed by atoms with van der Waals surface area (Å²) in [6, 6.07) is 6.90. The average Bonchev–Trinajstić information content (AvgIpc) is 3.03. The van der Waals surface area contributed by atoms with Crippen LogP contribution in [-0.2, 0) is 11.2 Å². The number of aromatic nitrogens is 2. The molecule has 0 aliphatic heterocycles. The zero-order chi connectivity index (χ0) is 18.8. The van der Waals surface area contributed by atoms with Crippen molar-refractivity contribution in [3.05, 3.63) is 45.8 Å². The van der Waals surface area contributed by atoms with Crippen molar-refractivity contribution in [2.75, 3.05) is 7.11 Å². The molecule has 0 saturated carbocycles. The Morgan fingerprint density at radius 2 is 2.15 bits per heavy atom. The zero-order valence-corrected chi connectivity index (χ0v) is 15.8. The molecule has 136 valence electrons. The van der Waals surface area contributed by atoms with Crippen LogP contribution in [0, 0.1) is 0 Å². The molecule has 0 bridgehead atoms. The van der Waals surface area contributed by atoms with Gasteiger partial charge in [0.1, 0.15) is 16.6 Å². The maximum absolute atomic E-state index is 13.2. The van der Waals surface area contributed by atoms with Gasteiger partial charge in [-0.3, -0.25) is 14.2 Å². The summed E-state index contributed by atoms with van der Waals surface area (Å²) >= 11 is 1.50. The van der Waals surface area contributed by atoms with Gasteiger partial charge in [-0.2, -0.15) is 0 Å². The Labute approximate surface area is 155 Å². The maximum atomic E-state index is 13.2. The van der Waals surface area contributed by atoms with E-state index in [1.807, 2.05) is 38.1 Å². The molecule has 6 nitrogen and oxygen atoms in total. The van der Waals surface area contributed by atoms with Crippen molar-refractivity contribution in [2.45, 2.75) is 32.7 Å². The first-order valence-electron chi connectivity index (χ1n) is 8.48. The van der Waals surface area contributed by atoms with Crippen LogP contribution < -0.4 is 16.0 Å². The smallest absolute Gasteiger partial charge is 0.263 e. The van der Waals surface area contributed by atoms with Gasteiger partial charge in [0.05, 0.1) is 18.8 Å². The third kappa shape index (κ3) is 2.99. The van der Waals surface area contributed by atoms with Crippen LogP contribution in [0.1, 0.15) is 31.2 Å². The molecular weight excluding hydrogens is 350 g/mol. The molecule has 2 N–H and O–H groups in total. The molecule has 0 aliphatic rings. The van der Waals surface area contributed by atoms with Gasteiger partial charge in [-0.1, -0.05) is 26.0 Å². The highest BCUT2D eigenvalue weighted by atomic mass is 32.1. The number of rotatable bonds is 6. The maximum Gasteiger partial charge on any atom is 0.263 e. The van der Waals surface area contributed by atoms with Gasteiger partial charge in [0.2, 0.25) is 5.91 Å². The number of fused-ring (bicyclic) bond motifs is 1. The Morgan fingerprint density at radius 1 is 1.38 bits per heavy atom. The Balaban J connectivity index is 2.34. The zero-order valence-electron chi connectivity index (χ0n) is 15.0. The predicted octanol–water partition coefficient (Wildman–Crippen LogP) is 3.13. The summed E-state index contributed by atoms with van der Waals surface area (Å²) in [7, 11) is 1.61. The third-order valence-electron chi connectivity index (χ3n) is 4.44. The number of thiophene rings is 1. The van der Waals surface area contributed by atoms with Gasteiger partial charge < -0.3 is 10.5 Å². The van der Waals surface area contributed by atoms with E-state index < -0.39 is 11.9 Å². The van der Waals surface area contributed by atoms with E-state index >= 15 is 0 Å². The second-order valence-corrected chi connectivity index (χ2v) is 7.03. The number of ether oxygens (including phenoxy) is 1. The largest absolute Gasteiger partial charge is 0.497 e. The first kappa shape index (κ1) is 18.1. The van der Waals surface area contributed by atoms with E-state index in [0.29, 0.717) is 16.6 Å². The summed E-state index contributed by atoms with van der Waals surface area (Å²) in [5.74, 6) is 0.182. The van der Waals surface area contributed by atoms with Crippen molar-refractivity contribution in [3.63, 3.8) is 0 Å². The fraction of sp³-hybridized carbons (Fsp3) is 0.316. The minimum absolute atomic E-state index is 0.241. The molecule has 3 aromatic rings. The van der Waals surface area contributed by atoms with Crippen molar-refractivity contribution >= 4 is 27.5 Å². The summed E-state index contributed by atoms with van der Waals surface area (Å²) in [6.45, 7) is 3.87. The van der Waals surface area contributed by atoms with E-state index in [0.717, 1.165) is 28.2 Å². The number of aryl methyl sites for hydroxylation is 1. The van der Waals surface area contributed by atoms with E-state index in [-0.39, 0.29) is 5.56 Å². The summed E-state index contributed by atoms with van der Waals surface area (Å²) in [5, 5.41) is 0.530. The molecule has 1 unspecified atom stereocenters. The molecule has 2 heterocycles. The molecule has 1 aromatic carbocycles. The van der Waals surface area contributed by atoms with Crippen molar-refractivity contribution < 1.29 is 9.53 Å². The molecule has 0 saturated heterocycles. The second kappa shape index (κ2) is 7.29. The lowest BCUT2D eigenvalue weighted by Crippen LogP contribution is -2.33. The number of nitrogens with two attached hydrogens (primary N) is 1. The Bertz CT molecular complexity index is 1020. The lowest BCUT2D eigenvalue weighted by molar-refractivity contribution is -0.121. The molecule has 0 radical (unpaired) electrons. The molecule has 1 amide bonds. The number of benzene rings is 1. The van der Waals surface area contributed by atoms with E-state index in [9.17, 15) is 9.59 Å². The Kier molecular flexibility index (Phi) is 5.08. The first-order chi connectivity index (χ1) is 12.5. The van der Waals surface area contributed by atoms with Crippen LogP contribution in [0.15, 0.2) is 35.4 Å². The molecule has 0 spiro atoms. The molecule has 26 heavy (non-hydrogen) atoms. The van der Waals surface area contributed by atoms with Crippen molar-refractivity contribution in [1.82, 2.24) is 9.55 Å². The molecule has 2 aromatic heterocycles. The molecule has 0 aliphatic carbocycles. The van der Waals surface area contributed by atoms with E-state index in [4.69, 9.17) is 10.5 Å². The van der Waals surface area contributed by atoms with Crippen LogP contribution in [0.4, 0.5) is 0 Å². The summed E-state index contributed by atoms with van der Waals surface area (Å²) in [5.41, 5.74) is 6.99. The summed E-state index contributed by atoms with van der Waals surface area (Å²) in [4.78, 5) is 31.1. The van der Waals surface area contributed by atoms with Crippen molar-refractivity contribution in [3.8, 4) is 16.9 Å².